The molecule has 1 aromatic heterocycles. The van der Waals surface area contributed by atoms with E-state index in [0.29, 0.717) is 0 Å². The lowest BCUT2D eigenvalue weighted by atomic mass is 10.1. The summed E-state index contributed by atoms with van der Waals surface area (Å²) in [4.78, 5) is 14.4. The molecule has 1 N–H and O–H groups in total. The maximum atomic E-state index is 13.4. The van der Waals surface area contributed by atoms with Gasteiger partial charge >= 0.3 is 0 Å². The number of nitro groups is 1. The molecule has 1 atom stereocenters. The van der Waals surface area contributed by atoms with E-state index in [2.05, 4.69) is 15.4 Å². The smallest absolute Gasteiger partial charge is 0.292 e. The van der Waals surface area contributed by atoms with Crippen molar-refractivity contribution in [1.82, 2.24) is 14.8 Å². The highest BCUT2D eigenvalue weighted by Gasteiger charge is 2.17. The van der Waals surface area contributed by atoms with Gasteiger partial charge in [0.05, 0.1) is 10.6 Å². The zero-order valence-electron chi connectivity index (χ0n) is 12.8. The first-order valence-corrected chi connectivity index (χ1v) is 7.20. The maximum absolute atomic E-state index is 13.4. The van der Waals surface area contributed by atoms with Crippen molar-refractivity contribution in [2.24, 2.45) is 0 Å². The predicted molar refractivity (Wildman–Crippen MR) is 86.5 cm³/mol. The normalized spacial score (nSPS) is 11.9. The van der Waals surface area contributed by atoms with Gasteiger partial charge in [0.25, 0.3) is 5.69 Å². The standard InChI is InChI=1S/C16H14FN5O2/c1-11(20-15-8-13(17)4-7-16(15)22(23)24)12-2-5-14(6-3-12)21-10-18-9-19-21/h2-11,20H,1H3. The molecule has 0 aliphatic heterocycles. The van der Waals surface area contributed by atoms with Crippen LogP contribution in [0.5, 0.6) is 0 Å². The van der Waals surface area contributed by atoms with Crippen molar-refractivity contribution >= 4 is 11.4 Å². The zero-order valence-corrected chi connectivity index (χ0v) is 12.8. The van der Waals surface area contributed by atoms with Crippen molar-refractivity contribution in [2.45, 2.75) is 13.0 Å². The van der Waals surface area contributed by atoms with E-state index in [0.717, 1.165) is 29.4 Å². The number of anilines is 1. The summed E-state index contributed by atoms with van der Waals surface area (Å²) in [6, 6.07) is 10.6. The molecule has 0 amide bonds. The minimum absolute atomic E-state index is 0.146. The minimum Gasteiger partial charge on any atom is -0.373 e. The molecule has 24 heavy (non-hydrogen) atoms. The Morgan fingerprint density at radius 2 is 2.00 bits per heavy atom. The van der Waals surface area contributed by atoms with E-state index in [1.54, 1.807) is 11.0 Å². The second-order valence-electron chi connectivity index (χ2n) is 5.22. The van der Waals surface area contributed by atoms with Gasteiger partial charge in [-0.25, -0.2) is 14.1 Å². The van der Waals surface area contributed by atoms with Crippen LogP contribution in [0.4, 0.5) is 15.8 Å². The molecule has 0 bridgehead atoms. The molecule has 2 aromatic carbocycles. The number of hydrogen-bond acceptors (Lipinski definition) is 5. The second-order valence-corrected chi connectivity index (χ2v) is 5.22. The van der Waals surface area contributed by atoms with Crippen molar-refractivity contribution in [3.8, 4) is 5.69 Å². The topological polar surface area (TPSA) is 85.9 Å². The van der Waals surface area contributed by atoms with Crippen LogP contribution in [0.15, 0.2) is 55.1 Å². The number of nitro benzene ring substituents is 1. The molecule has 1 unspecified atom stereocenters. The molecular formula is C16H14FN5O2. The number of nitrogens with one attached hydrogen (secondary N) is 1. The molecule has 7 nitrogen and oxygen atoms in total. The largest absolute Gasteiger partial charge is 0.373 e. The first-order valence-electron chi connectivity index (χ1n) is 7.20. The molecule has 122 valence electrons. The Morgan fingerprint density at radius 3 is 2.62 bits per heavy atom. The molecule has 0 aliphatic rings. The lowest BCUT2D eigenvalue weighted by molar-refractivity contribution is -0.384. The molecule has 0 saturated carbocycles. The molecule has 0 aliphatic carbocycles. The Morgan fingerprint density at radius 1 is 1.25 bits per heavy atom. The lowest BCUT2D eigenvalue weighted by Gasteiger charge is -2.16. The van der Waals surface area contributed by atoms with E-state index in [9.17, 15) is 14.5 Å². The van der Waals surface area contributed by atoms with Crippen LogP contribution in [-0.2, 0) is 0 Å². The Labute approximate surface area is 136 Å². The molecule has 3 rings (SSSR count). The highest BCUT2D eigenvalue weighted by Crippen LogP contribution is 2.29. The van der Waals surface area contributed by atoms with Gasteiger partial charge in [-0.05, 0) is 30.7 Å². The van der Waals surface area contributed by atoms with Crippen LogP contribution in [0.2, 0.25) is 0 Å². The zero-order chi connectivity index (χ0) is 17.1. The summed E-state index contributed by atoms with van der Waals surface area (Å²) in [6.45, 7) is 1.85. The third-order valence-electron chi connectivity index (χ3n) is 3.60. The van der Waals surface area contributed by atoms with Gasteiger partial charge in [0.1, 0.15) is 24.2 Å². The van der Waals surface area contributed by atoms with Crippen molar-refractivity contribution < 1.29 is 9.31 Å². The van der Waals surface area contributed by atoms with Crippen LogP contribution in [0.1, 0.15) is 18.5 Å². The first-order chi connectivity index (χ1) is 11.5. The quantitative estimate of drug-likeness (QED) is 0.572. The van der Waals surface area contributed by atoms with Gasteiger partial charge in [-0.2, -0.15) is 5.10 Å². The summed E-state index contributed by atoms with van der Waals surface area (Å²) in [5, 5.41) is 18.1. The van der Waals surface area contributed by atoms with E-state index in [4.69, 9.17) is 0 Å². The van der Waals surface area contributed by atoms with Crippen LogP contribution >= 0.6 is 0 Å². The summed E-state index contributed by atoms with van der Waals surface area (Å²) >= 11 is 0. The van der Waals surface area contributed by atoms with Crippen molar-refractivity contribution in [1.29, 1.82) is 0 Å². The van der Waals surface area contributed by atoms with Gasteiger partial charge in [0.2, 0.25) is 0 Å². The molecule has 1 heterocycles. The molecule has 3 aromatic rings. The van der Waals surface area contributed by atoms with Crippen LogP contribution in [-0.4, -0.2) is 19.7 Å². The molecule has 0 radical (unpaired) electrons. The average molecular weight is 327 g/mol. The van der Waals surface area contributed by atoms with E-state index >= 15 is 0 Å². The second kappa shape index (κ2) is 6.45. The Hall–Kier alpha value is -3.29. The van der Waals surface area contributed by atoms with Crippen molar-refractivity contribution in [3.63, 3.8) is 0 Å². The van der Waals surface area contributed by atoms with E-state index < -0.39 is 10.7 Å². The number of aromatic nitrogens is 3. The number of nitrogens with zero attached hydrogens (tertiary/aromatic N) is 4. The number of benzene rings is 2. The van der Waals surface area contributed by atoms with Gasteiger partial charge in [-0.15, -0.1) is 0 Å². The average Bonchev–Trinajstić information content (AvgIpc) is 3.09. The Kier molecular flexibility index (Phi) is 4.19. The summed E-state index contributed by atoms with van der Waals surface area (Å²) in [6.07, 6.45) is 3.04. The molecule has 8 heteroatoms. The summed E-state index contributed by atoms with van der Waals surface area (Å²) in [5.74, 6) is -0.531. The molecule has 0 fully saturated rings. The van der Waals surface area contributed by atoms with Crippen LogP contribution in [0, 0.1) is 15.9 Å². The summed E-state index contributed by atoms with van der Waals surface area (Å²) in [7, 11) is 0. The molecule has 0 saturated heterocycles. The summed E-state index contributed by atoms with van der Waals surface area (Å²) in [5.41, 5.74) is 1.73. The van der Waals surface area contributed by atoms with Crippen LogP contribution in [0.3, 0.4) is 0 Å². The minimum atomic E-state index is -0.539. The van der Waals surface area contributed by atoms with Gasteiger partial charge in [0.15, 0.2) is 0 Å². The monoisotopic (exact) mass is 327 g/mol. The first kappa shape index (κ1) is 15.6. The van der Waals surface area contributed by atoms with Crippen molar-refractivity contribution in [3.05, 3.63) is 76.6 Å². The number of rotatable bonds is 5. The van der Waals surface area contributed by atoms with E-state index in [1.807, 2.05) is 31.2 Å². The van der Waals surface area contributed by atoms with Gasteiger partial charge < -0.3 is 5.32 Å². The molecule has 0 spiro atoms. The number of hydrogen-bond donors (Lipinski definition) is 1. The third-order valence-corrected chi connectivity index (χ3v) is 3.60. The fourth-order valence-electron chi connectivity index (χ4n) is 2.36. The summed E-state index contributed by atoms with van der Waals surface area (Å²) < 4.78 is 15.0. The fourth-order valence-corrected chi connectivity index (χ4v) is 2.36. The maximum Gasteiger partial charge on any atom is 0.292 e. The third kappa shape index (κ3) is 3.22. The van der Waals surface area contributed by atoms with E-state index in [-0.39, 0.29) is 17.4 Å². The molecular weight excluding hydrogens is 313 g/mol. The van der Waals surface area contributed by atoms with Gasteiger partial charge in [-0.1, -0.05) is 12.1 Å². The van der Waals surface area contributed by atoms with Crippen LogP contribution < -0.4 is 5.32 Å². The van der Waals surface area contributed by atoms with Gasteiger partial charge in [0, 0.05) is 18.2 Å². The fraction of sp³-hybridized carbons (Fsp3) is 0.125. The number of halogens is 1. The van der Waals surface area contributed by atoms with Gasteiger partial charge in [-0.3, -0.25) is 10.1 Å². The Balaban J connectivity index is 1.81. The van der Waals surface area contributed by atoms with Crippen molar-refractivity contribution in [2.75, 3.05) is 5.32 Å². The van der Waals surface area contributed by atoms with E-state index in [1.165, 1.54) is 6.33 Å². The highest BCUT2D eigenvalue weighted by atomic mass is 19.1. The highest BCUT2D eigenvalue weighted by molar-refractivity contribution is 5.62. The predicted octanol–water partition coefficient (Wildman–Crippen LogP) is 3.49. The Bertz CT molecular complexity index is 849. The lowest BCUT2D eigenvalue weighted by Crippen LogP contribution is -2.09. The SMILES string of the molecule is CC(Nc1cc(F)ccc1[N+](=O)[O-])c1ccc(-n2cncn2)cc1. The van der Waals surface area contributed by atoms with Crippen LogP contribution in [0.25, 0.3) is 5.69 Å².